The normalized spacial score (nSPS) is 12.5. The van der Waals surface area contributed by atoms with Crippen molar-refractivity contribution in [2.45, 2.75) is 6.10 Å². The first-order valence-electron chi connectivity index (χ1n) is 3.77. The molecule has 1 N–H and O–H groups in total. The molecular formula is C9H8Cl2O3. The average Bonchev–Trinajstić information content (AvgIpc) is 2.09. The lowest BCUT2D eigenvalue weighted by molar-refractivity contribution is -0.148. The van der Waals surface area contributed by atoms with Gasteiger partial charge in [-0.25, -0.2) is 4.79 Å². The Bertz CT molecular complexity index is 352. The van der Waals surface area contributed by atoms with Gasteiger partial charge in [0.25, 0.3) is 0 Å². The zero-order valence-corrected chi connectivity index (χ0v) is 8.84. The molecule has 0 aliphatic rings. The summed E-state index contributed by atoms with van der Waals surface area (Å²) in [5.74, 6) is -1.09. The Balaban J connectivity index is 3.10. The van der Waals surface area contributed by atoms with E-state index in [1.165, 1.54) is 19.2 Å². The van der Waals surface area contributed by atoms with Gasteiger partial charge in [-0.2, -0.15) is 0 Å². The van der Waals surface area contributed by atoms with Crippen LogP contribution in [0, 0.1) is 0 Å². The number of benzene rings is 1. The minimum atomic E-state index is -1.09. The van der Waals surface area contributed by atoms with Crippen molar-refractivity contribution >= 4 is 29.2 Å². The molecule has 1 unspecified atom stereocenters. The van der Waals surface area contributed by atoms with Crippen LogP contribution in [0.15, 0.2) is 18.2 Å². The van der Waals surface area contributed by atoms with E-state index in [2.05, 4.69) is 0 Å². The molecule has 0 aliphatic heterocycles. The molecular weight excluding hydrogens is 227 g/mol. The molecule has 0 amide bonds. The molecule has 0 saturated carbocycles. The van der Waals surface area contributed by atoms with Gasteiger partial charge in [0.05, 0.1) is 0 Å². The number of aliphatic carboxylic acids is 1. The molecule has 1 atom stereocenters. The third-order valence-electron chi connectivity index (χ3n) is 1.70. The number of methoxy groups -OCH3 is 1. The van der Waals surface area contributed by atoms with Gasteiger partial charge in [-0.05, 0) is 12.1 Å². The Labute approximate surface area is 91.2 Å². The lowest BCUT2D eigenvalue weighted by atomic mass is 10.1. The topological polar surface area (TPSA) is 46.5 Å². The number of rotatable bonds is 3. The second-order valence-corrected chi connectivity index (χ2v) is 3.46. The van der Waals surface area contributed by atoms with E-state index in [-0.39, 0.29) is 5.02 Å². The summed E-state index contributed by atoms with van der Waals surface area (Å²) >= 11 is 11.5. The molecule has 0 radical (unpaired) electrons. The Hall–Kier alpha value is -0.770. The quantitative estimate of drug-likeness (QED) is 0.876. The molecule has 0 heterocycles. The van der Waals surface area contributed by atoms with Crippen molar-refractivity contribution in [1.82, 2.24) is 0 Å². The van der Waals surface area contributed by atoms with Crippen molar-refractivity contribution in [3.05, 3.63) is 33.8 Å². The fourth-order valence-corrected chi connectivity index (χ4v) is 1.58. The summed E-state index contributed by atoms with van der Waals surface area (Å²) in [7, 11) is 1.31. The van der Waals surface area contributed by atoms with Crippen LogP contribution in [-0.4, -0.2) is 18.2 Å². The second kappa shape index (κ2) is 4.64. The lowest BCUT2D eigenvalue weighted by Gasteiger charge is -2.12. The molecule has 3 nitrogen and oxygen atoms in total. The van der Waals surface area contributed by atoms with E-state index < -0.39 is 12.1 Å². The molecule has 1 aromatic rings. The van der Waals surface area contributed by atoms with Gasteiger partial charge in [-0.1, -0.05) is 29.3 Å². The van der Waals surface area contributed by atoms with Gasteiger partial charge < -0.3 is 9.84 Å². The SMILES string of the molecule is COC(C(=O)O)c1ccc(Cl)cc1Cl. The van der Waals surface area contributed by atoms with E-state index in [0.717, 1.165) is 0 Å². The van der Waals surface area contributed by atoms with E-state index in [0.29, 0.717) is 10.6 Å². The Kier molecular flexibility index (Phi) is 3.75. The molecule has 14 heavy (non-hydrogen) atoms. The molecule has 0 fully saturated rings. The van der Waals surface area contributed by atoms with Crippen molar-refractivity contribution < 1.29 is 14.6 Å². The van der Waals surface area contributed by atoms with Crippen LogP contribution in [0.5, 0.6) is 0 Å². The van der Waals surface area contributed by atoms with Crippen molar-refractivity contribution in [3.63, 3.8) is 0 Å². The summed E-state index contributed by atoms with van der Waals surface area (Å²) in [5.41, 5.74) is 0.395. The summed E-state index contributed by atoms with van der Waals surface area (Å²) in [6.07, 6.45) is -1.06. The molecule has 0 saturated heterocycles. The van der Waals surface area contributed by atoms with Crippen LogP contribution in [0.2, 0.25) is 10.0 Å². The van der Waals surface area contributed by atoms with Gasteiger partial charge in [0.15, 0.2) is 6.10 Å². The number of carboxylic acids is 1. The van der Waals surface area contributed by atoms with E-state index in [1.807, 2.05) is 0 Å². The fourth-order valence-electron chi connectivity index (χ4n) is 1.07. The molecule has 0 aliphatic carbocycles. The number of hydrogen-bond donors (Lipinski definition) is 1. The van der Waals surface area contributed by atoms with E-state index >= 15 is 0 Å². The second-order valence-electron chi connectivity index (χ2n) is 2.62. The molecule has 5 heteroatoms. The predicted octanol–water partition coefficient (Wildman–Crippen LogP) is 2.77. The van der Waals surface area contributed by atoms with Crippen LogP contribution >= 0.6 is 23.2 Å². The predicted molar refractivity (Wildman–Crippen MR) is 53.8 cm³/mol. The maximum Gasteiger partial charge on any atom is 0.337 e. The monoisotopic (exact) mass is 234 g/mol. The first-order chi connectivity index (χ1) is 6.56. The summed E-state index contributed by atoms with van der Waals surface area (Å²) in [4.78, 5) is 10.8. The number of hydrogen-bond acceptors (Lipinski definition) is 2. The molecule has 76 valence electrons. The first kappa shape index (κ1) is 11.3. The van der Waals surface area contributed by atoms with E-state index in [9.17, 15) is 4.79 Å². The minimum Gasteiger partial charge on any atom is -0.479 e. The molecule has 0 spiro atoms. The third-order valence-corrected chi connectivity index (χ3v) is 2.27. The zero-order valence-electron chi connectivity index (χ0n) is 7.33. The number of halogens is 2. The first-order valence-corrected chi connectivity index (χ1v) is 4.52. The molecule has 0 aromatic heterocycles. The highest BCUT2D eigenvalue weighted by molar-refractivity contribution is 6.35. The Morgan fingerprint density at radius 3 is 2.57 bits per heavy atom. The van der Waals surface area contributed by atoms with Crippen molar-refractivity contribution in [3.8, 4) is 0 Å². The lowest BCUT2D eigenvalue weighted by Crippen LogP contribution is -2.13. The maximum atomic E-state index is 10.8. The molecule has 0 bridgehead atoms. The van der Waals surface area contributed by atoms with Gasteiger partial charge in [0.1, 0.15) is 0 Å². The zero-order chi connectivity index (χ0) is 10.7. The van der Waals surface area contributed by atoms with Gasteiger partial charge in [-0.3, -0.25) is 0 Å². The van der Waals surface area contributed by atoms with Gasteiger partial charge in [0.2, 0.25) is 0 Å². The standard InChI is InChI=1S/C9H8Cl2O3/c1-14-8(9(12)13)6-3-2-5(10)4-7(6)11/h2-4,8H,1H3,(H,12,13). The Morgan fingerprint density at radius 2 is 2.14 bits per heavy atom. The number of carboxylic acid groups (broad SMARTS) is 1. The summed E-state index contributed by atoms with van der Waals surface area (Å²) in [6, 6.07) is 4.58. The highest BCUT2D eigenvalue weighted by atomic mass is 35.5. The largest absolute Gasteiger partial charge is 0.479 e. The van der Waals surface area contributed by atoms with Gasteiger partial charge in [0, 0.05) is 22.7 Å². The highest BCUT2D eigenvalue weighted by Gasteiger charge is 2.21. The number of carbonyl (C=O) groups is 1. The van der Waals surface area contributed by atoms with Crippen molar-refractivity contribution in [2.75, 3.05) is 7.11 Å². The smallest absolute Gasteiger partial charge is 0.337 e. The highest BCUT2D eigenvalue weighted by Crippen LogP contribution is 2.28. The fraction of sp³-hybridized carbons (Fsp3) is 0.222. The summed E-state index contributed by atoms with van der Waals surface area (Å²) < 4.78 is 4.79. The Morgan fingerprint density at radius 1 is 1.50 bits per heavy atom. The maximum absolute atomic E-state index is 10.8. The summed E-state index contributed by atoms with van der Waals surface area (Å²) in [6.45, 7) is 0. The van der Waals surface area contributed by atoms with Gasteiger partial charge >= 0.3 is 5.97 Å². The van der Waals surface area contributed by atoms with E-state index in [1.54, 1.807) is 6.07 Å². The van der Waals surface area contributed by atoms with Crippen LogP contribution in [0.1, 0.15) is 11.7 Å². The summed E-state index contributed by atoms with van der Waals surface area (Å²) in [5, 5.41) is 9.55. The van der Waals surface area contributed by atoms with Crippen LogP contribution < -0.4 is 0 Å². The van der Waals surface area contributed by atoms with Crippen LogP contribution in [0.3, 0.4) is 0 Å². The molecule has 1 aromatic carbocycles. The van der Waals surface area contributed by atoms with Crippen LogP contribution in [0.4, 0.5) is 0 Å². The van der Waals surface area contributed by atoms with Crippen molar-refractivity contribution in [1.29, 1.82) is 0 Å². The average molecular weight is 235 g/mol. The number of ether oxygens (including phenoxy) is 1. The van der Waals surface area contributed by atoms with E-state index in [4.69, 9.17) is 33.0 Å². The third kappa shape index (κ3) is 2.38. The van der Waals surface area contributed by atoms with Gasteiger partial charge in [-0.15, -0.1) is 0 Å². The minimum absolute atomic E-state index is 0.284. The van der Waals surface area contributed by atoms with Crippen molar-refractivity contribution in [2.24, 2.45) is 0 Å². The molecule has 1 rings (SSSR count). The van der Waals surface area contributed by atoms with Crippen LogP contribution in [-0.2, 0) is 9.53 Å². The van der Waals surface area contributed by atoms with Crippen LogP contribution in [0.25, 0.3) is 0 Å².